The van der Waals surface area contributed by atoms with Gasteiger partial charge in [0.15, 0.2) is 0 Å². The minimum Gasteiger partial charge on any atom is -0.372 e. The van der Waals surface area contributed by atoms with Gasteiger partial charge in [0.1, 0.15) is 5.82 Å². The smallest absolute Gasteiger partial charge is 0.255 e. The van der Waals surface area contributed by atoms with Crippen LogP contribution in [0.5, 0.6) is 0 Å². The highest BCUT2D eigenvalue weighted by atomic mass is 79.9. The molecular formula is C12H14BrN5O. The molecule has 0 atom stereocenters. The van der Waals surface area contributed by atoms with Crippen molar-refractivity contribution in [1.29, 1.82) is 0 Å². The van der Waals surface area contributed by atoms with E-state index in [4.69, 9.17) is 0 Å². The van der Waals surface area contributed by atoms with Crippen molar-refractivity contribution in [1.82, 2.24) is 20.1 Å². The summed E-state index contributed by atoms with van der Waals surface area (Å²) in [5, 5.41) is 9.80. The van der Waals surface area contributed by atoms with Gasteiger partial charge in [0.25, 0.3) is 5.91 Å². The minimum absolute atomic E-state index is 0.162. The molecule has 2 heterocycles. The Morgan fingerprint density at radius 2 is 2.37 bits per heavy atom. The van der Waals surface area contributed by atoms with Crippen LogP contribution in [0.1, 0.15) is 10.4 Å². The molecule has 1 amide bonds. The van der Waals surface area contributed by atoms with E-state index in [0.29, 0.717) is 24.5 Å². The van der Waals surface area contributed by atoms with E-state index in [1.165, 1.54) is 0 Å². The van der Waals surface area contributed by atoms with Crippen LogP contribution >= 0.6 is 15.9 Å². The van der Waals surface area contributed by atoms with Crippen molar-refractivity contribution in [2.45, 2.75) is 6.54 Å². The van der Waals surface area contributed by atoms with Gasteiger partial charge in [-0.15, -0.1) is 0 Å². The molecule has 0 aliphatic carbocycles. The predicted octanol–water partition coefficient (Wildman–Crippen LogP) is 1.51. The molecule has 0 aliphatic rings. The molecule has 2 rings (SSSR count). The Morgan fingerprint density at radius 1 is 1.53 bits per heavy atom. The Morgan fingerprint density at radius 3 is 3.05 bits per heavy atom. The molecule has 0 unspecified atom stereocenters. The second-order valence-corrected chi connectivity index (χ2v) is 4.74. The highest BCUT2D eigenvalue weighted by molar-refractivity contribution is 9.10. The fraction of sp³-hybridized carbons (Fsp3) is 0.250. The monoisotopic (exact) mass is 323 g/mol. The average Bonchev–Trinajstić information content (AvgIpc) is 2.91. The molecule has 0 bridgehead atoms. The maximum absolute atomic E-state index is 12.1. The number of amides is 1. The number of aromatic nitrogens is 3. The number of nitrogens with zero attached hydrogens (tertiary/aromatic N) is 3. The van der Waals surface area contributed by atoms with Gasteiger partial charge in [0, 0.05) is 36.7 Å². The van der Waals surface area contributed by atoms with Crippen LogP contribution in [0.2, 0.25) is 0 Å². The van der Waals surface area contributed by atoms with Crippen LogP contribution < -0.4 is 10.6 Å². The van der Waals surface area contributed by atoms with Crippen molar-refractivity contribution >= 4 is 27.7 Å². The lowest BCUT2D eigenvalue weighted by Crippen LogP contribution is -2.28. The number of nitrogens with one attached hydrogen (secondary N) is 2. The van der Waals surface area contributed by atoms with Gasteiger partial charge in [-0.3, -0.25) is 9.48 Å². The van der Waals surface area contributed by atoms with E-state index in [2.05, 4.69) is 36.6 Å². The molecule has 2 aromatic heterocycles. The molecule has 2 aromatic rings. The highest BCUT2D eigenvalue weighted by Gasteiger charge is 2.12. The Bertz CT molecular complexity index is 555. The Kier molecular flexibility index (Phi) is 4.51. The zero-order valence-corrected chi connectivity index (χ0v) is 12.0. The minimum atomic E-state index is -0.162. The van der Waals surface area contributed by atoms with Gasteiger partial charge in [0.05, 0.1) is 12.1 Å². The molecule has 0 aromatic carbocycles. The molecule has 19 heavy (non-hydrogen) atoms. The van der Waals surface area contributed by atoms with Crippen LogP contribution in [0, 0.1) is 0 Å². The Labute approximate surface area is 119 Å². The van der Waals surface area contributed by atoms with Gasteiger partial charge in [0.2, 0.25) is 0 Å². The first-order valence-corrected chi connectivity index (χ1v) is 6.59. The van der Waals surface area contributed by atoms with Crippen LogP contribution in [0.15, 0.2) is 35.2 Å². The van der Waals surface area contributed by atoms with E-state index in [1.54, 1.807) is 30.2 Å². The molecule has 6 nitrogen and oxygen atoms in total. The maximum atomic E-state index is 12.1. The topological polar surface area (TPSA) is 71.8 Å². The van der Waals surface area contributed by atoms with Crippen molar-refractivity contribution in [3.05, 3.63) is 40.8 Å². The molecule has 0 saturated heterocycles. The molecule has 0 spiro atoms. The zero-order valence-electron chi connectivity index (χ0n) is 10.4. The third-order valence-electron chi connectivity index (χ3n) is 2.52. The normalized spacial score (nSPS) is 10.2. The first-order chi connectivity index (χ1) is 9.20. The summed E-state index contributed by atoms with van der Waals surface area (Å²) in [6.45, 7) is 1.14. The first kappa shape index (κ1) is 13.5. The van der Waals surface area contributed by atoms with E-state index < -0.39 is 0 Å². The predicted molar refractivity (Wildman–Crippen MR) is 76.0 cm³/mol. The number of pyridine rings is 1. The van der Waals surface area contributed by atoms with Crippen molar-refractivity contribution in [3.8, 4) is 0 Å². The maximum Gasteiger partial charge on any atom is 0.255 e. The van der Waals surface area contributed by atoms with E-state index >= 15 is 0 Å². The lowest BCUT2D eigenvalue weighted by molar-refractivity contribution is 0.0952. The SMILES string of the molecule is CNc1ncc(Br)cc1C(=O)NCCn1cccn1. The standard InChI is InChI=1S/C12H14BrN5O/c1-14-11-10(7-9(13)8-16-11)12(19)15-4-6-18-5-2-3-17-18/h2-3,5,7-8H,4,6H2,1H3,(H,14,16)(H,15,19). The lowest BCUT2D eigenvalue weighted by atomic mass is 10.2. The van der Waals surface area contributed by atoms with Crippen molar-refractivity contribution in [2.75, 3.05) is 18.9 Å². The van der Waals surface area contributed by atoms with Crippen LogP contribution in [-0.4, -0.2) is 34.3 Å². The van der Waals surface area contributed by atoms with Crippen molar-refractivity contribution in [2.24, 2.45) is 0 Å². The van der Waals surface area contributed by atoms with E-state index in [9.17, 15) is 4.79 Å². The number of halogens is 1. The second kappa shape index (κ2) is 6.33. The van der Waals surface area contributed by atoms with Gasteiger partial charge in [-0.1, -0.05) is 0 Å². The average molecular weight is 324 g/mol. The van der Waals surface area contributed by atoms with E-state index in [0.717, 1.165) is 4.47 Å². The molecule has 0 saturated carbocycles. The summed E-state index contributed by atoms with van der Waals surface area (Å²) >= 11 is 3.31. The molecule has 0 fully saturated rings. The quantitative estimate of drug-likeness (QED) is 0.875. The van der Waals surface area contributed by atoms with Gasteiger partial charge >= 0.3 is 0 Å². The van der Waals surface area contributed by atoms with E-state index in [-0.39, 0.29) is 5.91 Å². The third-order valence-corrected chi connectivity index (χ3v) is 2.96. The Hall–Kier alpha value is -1.89. The summed E-state index contributed by atoms with van der Waals surface area (Å²) in [5.74, 6) is 0.394. The molecular weight excluding hydrogens is 310 g/mol. The molecule has 7 heteroatoms. The van der Waals surface area contributed by atoms with Gasteiger partial charge in [-0.25, -0.2) is 4.98 Å². The zero-order chi connectivity index (χ0) is 13.7. The largest absolute Gasteiger partial charge is 0.372 e. The summed E-state index contributed by atoms with van der Waals surface area (Å²) in [6, 6.07) is 3.58. The Balaban J connectivity index is 1.97. The number of anilines is 1. The molecule has 0 radical (unpaired) electrons. The fourth-order valence-corrected chi connectivity index (χ4v) is 1.95. The summed E-state index contributed by atoms with van der Waals surface area (Å²) in [7, 11) is 1.73. The number of carbonyl (C=O) groups excluding carboxylic acids is 1. The summed E-state index contributed by atoms with van der Waals surface area (Å²) in [5.41, 5.74) is 0.511. The van der Waals surface area contributed by atoms with E-state index in [1.807, 2.05) is 12.3 Å². The number of rotatable bonds is 5. The lowest BCUT2D eigenvalue weighted by Gasteiger charge is -2.09. The fourth-order valence-electron chi connectivity index (χ4n) is 1.62. The van der Waals surface area contributed by atoms with Crippen molar-refractivity contribution in [3.63, 3.8) is 0 Å². The van der Waals surface area contributed by atoms with Crippen LogP contribution in [0.25, 0.3) is 0 Å². The summed E-state index contributed by atoms with van der Waals surface area (Å²) in [6.07, 6.45) is 5.21. The second-order valence-electron chi connectivity index (χ2n) is 3.82. The van der Waals surface area contributed by atoms with Gasteiger partial charge < -0.3 is 10.6 Å². The van der Waals surface area contributed by atoms with Crippen LogP contribution in [0.4, 0.5) is 5.82 Å². The third kappa shape index (κ3) is 3.54. The van der Waals surface area contributed by atoms with Crippen molar-refractivity contribution < 1.29 is 4.79 Å². The summed E-state index contributed by atoms with van der Waals surface area (Å²) in [4.78, 5) is 16.2. The number of hydrogen-bond acceptors (Lipinski definition) is 4. The van der Waals surface area contributed by atoms with Crippen LogP contribution in [-0.2, 0) is 6.54 Å². The first-order valence-electron chi connectivity index (χ1n) is 5.79. The number of hydrogen-bond donors (Lipinski definition) is 2. The molecule has 0 aliphatic heterocycles. The number of carbonyl (C=O) groups is 1. The van der Waals surface area contributed by atoms with Crippen LogP contribution in [0.3, 0.4) is 0 Å². The molecule has 2 N–H and O–H groups in total. The molecule has 100 valence electrons. The highest BCUT2D eigenvalue weighted by Crippen LogP contribution is 2.17. The van der Waals surface area contributed by atoms with Gasteiger partial charge in [-0.05, 0) is 28.1 Å². The van der Waals surface area contributed by atoms with Gasteiger partial charge in [-0.2, -0.15) is 5.10 Å². The summed E-state index contributed by atoms with van der Waals surface area (Å²) < 4.78 is 2.53.